The summed E-state index contributed by atoms with van der Waals surface area (Å²) in [4.78, 5) is 2.34. The van der Waals surface area contributed by atoms with Crippen LogP contribution < -0.4 is 5.32 Å². The third-order valence-corrected chi connectivity index (χ3v) is 3.84. The molecule has 2 atom stereocenters. The lowest BCUT2D eigenvalue weighted by atomic mass is 10.0. The maximum absolute atomic E-state index is 13.9. The van der Waals surface area contributed by atoms with Gasteiger partial charge in [-0.2, -0.15) is 0 Å². The molecule has 0 aliphatic heterocycles. The molecular formula is C16H27FN2. The fourth-order valence-electron chi connectivity index (χ4n) is 2.24. The number of benzene rings is 1. The molecule has 1 aromatic rings. The minimum Gasteiger partial charge on any atom is -0.310 e. The van der Waals surface area contributed by atoms with Crippen LogP contribution in [0.2, 0.25) is 0 Å². The molecule has 0 aliphatic rings. The molecule has 1 N–H and O–H groups in total. The van der Waals surface area contributed by atoms with E-state index in [0.29, 0.717) is 6.04 Å². The highest BCUT2D eigenvalue weighted by Crippen LogP contribution is 2.20. The lowest BCUT2D eigenvalue weighted by Crippen LogP contribution is -2.32. The minimum absolute atomic E-state index is 0.0951. The minimum atomic E-state index is -0.111. The standard InChI is InChI=1S/C16H27FN2/c1-5-13(3)19(4)12-11-16(18-6-2)14-9-7-8-10-15(14)17/h7-10,13,16,18H,5-6,11-12H2,1-4H3. The molecule has 0 fully saturated rings. The van der Waals surface area contributed by atoms with Crippen molar-refractivity contribution in [2.45, 2.75) is 45.7 Å². The number of halogens is 1. The molecule has 2 nitrogen and oxygen atoms in total. The number of nitrogens with zero attached hydrogens (tertiary/aromatic N) is 1. The van der Waals surface area contributed by atoms with E-state index in [9.17, 15) is 4.39 Å². The molecule has 1 aromatic carbocycles. The molecular weight excluding hydrogens is 239 g/mol. The van der Waals surface area contributed by atoms with Gasteiger partial charge in [0, 0.05) is 17.6 Å². The van der Waals surface area contributed by atoms with Crippen molar-refractivity contribution in [3.63, 3.8) is 0 Å². The van der Waals surface area contributed by atoms with Gasteiger partial charge in [-0.3, -0.25) is 0 Å². The highest BCUT2D eigenvalue weighted by atomic mass is 19.1. The Kier molecular flexibility index (Phi) is 7.03. The van der Waals surface area contributed by atoms with Crippen LogP contribution in [0.5, 0.6) is 0 Å². The summed E-state index contributed by atoms with van der Waals surface area (Å²) in [5.74, 6) is -0.111. The predicted octanol–water partition coefficient (Wildman–Crippen LogP) is 3.60. The Hall–Kier alpha value is -0.930. The van der Waals surface area contributed by atoms with Gasteiger partial charge in [-0.25, -0.2) is 4.39 Å². The summed E-state index contributed by atoms with van der Waals surface area (Å²) in [6.45, 7) is 8.31. The molecule has 0 heterocycles. The van der Waals surface area contributed by atoms with Gasteiger partial charge in [0.2, 0.25) is 0 Å². The molecule has 0 radical (unpaired) electrons. The summed E-state index contributed by atoms with van der Waals surface area (Å²) in [7, 11) is 2.14. The average Bonchev–Trinajstić information content (AvgIpc) is 2.43. The molecule has 2 unspecified atom stereocenters. The van der Waals surface area contributed by atoms with Crippen molar-refractivity contribution in [2.75, 3.05) is 20.1 Å². The molecule has 0 saturated carbocycles. The molecule has 0 aromatic heterocycles. The van der Waals surface area contributed by atoms with E-state index in [1.54, 1.807) is 6.07 Å². The third kappa shape index (κ3) is 4.92. The first-order valence-corrected chi connectivity index (χ1v) is 7.28. The molecule has 0 spiro atoms. The highest BCUT2D eigenvalue weighted by Gasteiger charge is 2.16. The zero-order valence-electron chi connectivity index (χ0n) is 12.6. The van der Waals surface area contributed by atoms with Gasteiger partial charge in [-0.05, 0) is 46.0 Å². The van der Waals surface area contributed by atoms with Crippen LogP contribution in [0.4, 0.5) is 4.39 Å². The van der Waals surface area contributed by atoms with Crippen LogP contribution in [-0.2, 0) is 0 Å². The smallest absolute Gasteiger partial charge is 0.127 e. The summed E-state index contributed by atoms with van der Waals surface area (Å²) < 4.78 is 13.9. The Balaban J connectivity index is 2.66. The van der Waals surface area contributed by atoms with Gasteiger partial charge in [0.25, 0.3) is 0 Å². The van der Waals surface area contributed by atoms with E-state index in [1.165, 1.54) is 6.07 Å². The summed E-state index contributed by atoms with van der Waals surface area (Å²) in [5.41, 5.74) is 0.780. The van der Waals surface area contributed by atoms with Crippen LogP contribution in [0.25, 0.3) is 0 Å². The van der Waals surface area contributed by atoms with E-state index in [-0.39, 0.29) is 11.9 Å². The van der Waals surface area contributed by atoms with Crippen molar-refractivity contribution >= 4 is 0 Å². The van der Waals surface area contributed by atoms with Gasteiger partial charge in [0.1, 0.15) is 5.82 Å². The predicted molar refractivity (Wildman–Crippen MR) is 79.8 cm³/mol. The van der Waals surface area contributed by atoms with Crippen LogP contribution in [0, 0.1) is 5.82 Å². The van der Waals surface area contributed by atoms with E-state index in [1.807, 2.05) is 12.1 Å². The van der Waals surface area contributed by atoms with Crippen molar-refractivity contribution in [1.82, 2.24) is 10.2 Å². The summed E-state index contributed by atoms with van der Waals surface area (Å²) >= 11 is 0. The molecule has 0 amide bonds. The monoisotopic (exact) mass is 266 g/mol. The molecule has 108 valence electrons. The van der Waals surface area contributed by atoms with E-state index in [2.05, 4.69) is 38.0 Å². The first-order chi connectivity index (χ1) is 9.10. The third-order valence-electron chi connectivity index (χ3n) is 3.84. The Bertz CT molecular complexity index is 368. The number of nitrogens with one attached hydrogen (secondary N) is 1. The van der Waals surface area contributed by atoms with Crippen molar-refractivity contribution in [1.29, 1.82) is 0 Å². The summed E-state index contributed by atoms with van der Waals surface area (Å²) in [5, 5.41) is 3.39. The van der Waals surface area contributed by atoms with Gasteiger partial charge < -0.3 is 10.2 Å². The van der Waals surface area contributed by atoms with Crippen molar-refractivity contribution in [3.8, 4) is 0 Å². The quantitative estimate of drug-likeness (QED) is 0.773. The van der Waals surface area contributed by atoms with Crippen LogP contribution in [0.1, 0.15) is 45.2 Å². The van der Waals surface area contributed by atoms with Gasteiger partial charge in [-0.15, -0.1) is 0 Å². The van der Waals surface area contributed by atoms with Crippen LogP contribution in [0.3, 0.4) is 0 Å². The maximum atomic E-state index is 13.9. The molecule has 1 rings (SSSR count). The lowest BCUT2D eigenvalue weighted by Gasteiger charge is -2.26. The average molecular weight is 266 g/mol. The second kappa shape index (κ2) is 8.28. The molecule has 0 aliphatic carbocycles. The number of hydrogen-bond acceptors (Lipinski definition) is 2. The van der Waals surface area contributed by atoms with Gasteiger partial charge in [0.05, 0.1) is 0 Å². The van der Waals surface area contributed by atoms with E-state index < -0.39 is 0 Å². The fraction of sp³-hybridized carbons (Fsp3) is 0.625. The SMILES string of the molecule is CCNC(CCN(C)C(C)CC)c1ccccc1F. The molecule has 0 bridgehead atoms. The van der Waals surface area contributed by atoms with Crippen molar-refractivity contribution in [2.24, 2.45) is 0 Å². The molecule has 19 heavy (non-hydrogen) atoms. The Morgan fingerprint density at radius 3 is 2.53 bits per heavy atom. The lowest BCUT2D eigenvalue weighted by molar-refractivity contribution is 0.237. The van der Waals surface area contributed by atoms with Crippen molar-refractivity contribution < 1.29 is 4.39 Å². The molecule has 3 heteroatoms. The van der Waals surface area contributed by atoms with E-state index in [0.717, 1.165) is 31.5 Å². The van der Waals surface area contributed by atoms with Gasteiger partial charge in [-0.1, -0.05) is 32.0 Å². The maximum Gasteiger partial charge on any atom is 0.127 e. The summed E-state index contributed by atoms with van der Waals surface area (Å²) in [6.07, 6.45) is 2.07. The summed E-state index contributed by atoms with van der Waals surface area (Å²) in [6, 6.07) is 7.73. The van der Waals surface area contributed by atoms with Crippen LogP contribution >= 0.6 is 0 Å². The number of rotatable bonds is 8. The number of hydrogen-bond donors (Lipinski definition) is 1. The topological polar surface area (TPSA) is 15.3 Å². The first kappa shape index (κ1) is 16.1. The first-order valence-electron chi connectivity index (χ1n) is 7.28. The Morgan fingerprint density at radius 1 is 1.26 bits per heavy atom. The van der Waals surface area contributed by atoms with Gasteiger partial charge >= 0.3 is 0 Å². The zero-order valence-corrected chi connectivity index (χ0v) is 12.6. The molecule has 0 saturated heterocycles. The Morgan fingerprint density at radius 2 is 1.95 bits per heavy atom. The largest absolute Gasteiger partial charge is 0.310 e. The highest BCUT2D eigenvalue weighted by molar-refractivity contribution is 5.21. The van der Waals surface area contributed by atoms with E-state index in [4.69, 9.17) is 0 Å². The Labute approximate surface area is 117 Å². The van der Waals surface area contributed by atoms with Crippen LogP contribution in [-0.4, -0.2) is 31.1 Å². The normalized spacial score (nSPS) is 14.6. The van der Waals surface area contributed by atoms with Gasteiger partial charge in [0.15, 0.2) is 0 Å². The van der Waals surface area contributed by atoms with Crippen molar-refractivity contribution in [3.05, 3.63) is 35.6 Å². The zero-order chi connectivity index (χ0) is 14.3. The second-order valence-electron chi connectivity index (χ2n) is 5.16. The van der Waals surface area contributed by atoms with Crippen LogP contribution in [0.15, 0.2) is 24.3 Å². The fourth-order valence-corrected chi connectivity index (χ4v) is 2.24. The second-order valence-corrected chi connectivity index (χ2v) is 5.16. The van der Waals surface area contributed by atoms with E-state index >= 15 is 0 Å².